The van der Waals surface area contributed by atoms with Gasteiger partial charge >= 0.3 is 11.9 Å². The largest absolute Gasteiger partial charge is 0.477 e. The minimum Gasteiger partial charge on any atom is -0.477 e. The van der Waals surface area contributed by atoms with Gasteiger partial charge in [-0.25, -0.2) is 9.59 Å². The van der Waals surface area contributed by atoms with Gasteiger partial charge in [0.05, 0.1) is 69.5 Å². The Morgan fingerprint density at radius 2 is 0.980 bits per heavy atom. The van der Waals surface area contributed by atoms with Gasteiger partial charge in [-0.3, -0.25) is 14.4 Å². The van der Waals surface area contributed by atoms with E-state index in [2.05, 4.69) is 29.8 Å². The first-order valence-electron chi connectivity index (χ1n) is 37.2. The van der Waals surface area contributed by atoms with Crippen LogP contribution < -0.4 is 16.0 Å². The van der Waals surface area contributed by atoms with E-state index in [1.54, 1.807) is 6.08 Å². The lowest BCUT2D eigenvalue weighted by atomic mass is 9.87. The van der Waals surface area contributed by atoms with Crippen molar-refractivity contribution in [1.29, 1.82) is 0 Å². The maximum atomic E-state index is 13.6. The van der Waals surface area contributed by atoms with Crippen LogP contribution in [0.1, 0.15) is 220 Å². The van der Waals surface area contributed by atoms with Gasteiger partial charge in [0.1, 0.15) is 85.5 Å². The summed E-state index contributed by atoms with van der Waals surface area (Å²) in [6.07, 6.45) is -8.38. The number of aliphatic hydroxyl groups is 14. The number of allylic oxidation sites excluding steroid dienone is 1. The highest BCUT2D eigenvalue weighted by Gasteiger charge is 2.62. The number of amides is 3. The van der Waals surface area contributed by atoms with Crippen LogP contribution in [0.15, 0.2) is 12.2 Å². The van der Waals surface area contributed by atoms with Crippen LogP contribution in [0.4, 0.5) is 0 Å². The highest BCUT2D eigenvalue weighted by Crippen LogP contribution is 2.41. The Labute approximate surface area is 598 Å². The quantitative estimate of drug-likeness (QED) is 0.0288. The maximum Gasteiger partial charge on any atom is 0.364 e. The molecule has 4 heterocycles. The first-order chi connectivity index (χ1) is 48.7. The smallest absolute Gasteiger partial charge is 0.364 e. The SMILES string of the molecule is CCCCCCCCCCCCCC=CC(O)C(COC1OC(CO)C(OC2OC(CO)C(O)C(OC3(C(=O)O)CC(O)C(NC(C)=O)C(C(O)C(CO)OC4(C(=O)O)CC(O)C(NC(C)=O)C(C(O)C(O)CO)O4)O3)C2O)C(O)C1O)NC(=O)CCCCCCCCCCCCCCCCC. The Morgan fingerprint density at radius 3 is 1.44 bits per heavy atom. The Kier molecular flexibility index (Phi) is 42.5. The van der Waals surface area contributed by atoms with Crippen molar-refractivity contribution in [3.63, 3.8) is 0 Å². The van der Waals surface area contributed by atoms with Gasteiger partial charge in [0.2, 0.25) is 17.7 Å². The molecule has 32 nitrogen and oxygen atoms in total. The third-order valence-corrected chi connectivity index (χ3v) is 19.5. The van der Waals surface area contributed by atoms with E-state index in [4.69, 9.17) is 37.9 Å². The summed E-state index contributed by atoms with van der Waals surface area (Å²) in [5.41, 5.74) is 0. The molecule has 0 aromatic heterocycles. The second-order valence-corrected chi connectivity index (χ2v) is 27.9. The summed E-state index contributed by atoms with van der Waals surface area (Å²) >= 11 is 0. The topological polar surface area (TPSA) is 519 Å². The fraction of sp³-hybridized carbons (Fsp3) is 0.900. The number of nitrogens with one attached hydrogen (secondary N) is 3. The zero-order chi connectivity index (χ0) is 75.5. The third-order valence-electron chi connectivity index (χ3n) is 19.5. The average molecular weight is 1470 g/mol. The van der Waals surface area contributed by atoms with Crippen LogP contribution in [0, 0.1) is 0 Å². The molecule has 0 aliphatic carbocycles. The second-order valence-electron chi connectivity index (χ2n) is 27.9. The molecule has 4 fully saturated rings. The number of carboxylic acids is 2. The molecule has 0 spiro atoms. The fourth-order valence-electron chi connectivity index (χ4n) is 13.5. The molecule has 4 aliphatic rings. The van der Waals surface area contributed by atoms with E-state index in [0.29, 0.717) is 12.8 Å². The molecule has 19 N–H and O–H groups in total. The van der Waals surface area contributed by atoms with Crippen LogP contribution in [0.3, 0.4) is 0 Å². The van der Waals surface area contributed by atoms with Gasteiger partial charge in [-0.1, -0.05) is 180 Å². The molecule has 4 aliphatic heterocycles. The van der Waals surface area contributed by atoms with Gasteiger partial charge in [-0.15, -0.1) is 0 Å². The third kappa shape index (κ3) is 28.4. The maximum absolute atomic E-state index is 13.6. The van der Waals surface area contributed by atoms with Gasteiger partial charge in [0.25, 0.3) is 11.6 Å². The summed E-state index contributed by atoms with van der Waals surface area (Å²) < 4.78 is 46.4. The summed E-state index contributed by atoms with van der Waals surface area (Å²) in [5, 5.41) is 185. The van der Waals surface area contributed by atoms with E-state index in [-0.39, 0.29) is 12.3 Å². The standard InChI is InChI=1S/C70H125N3O29/c1-5-7-9-11-13-15-17-19-20-22-24-26-28-30-32-34-52(84)73-44(45(80)33-31-29-27-25-23-21-18-16-14-12-10-8-6-2)41-95-65-59(89)58(88)61(51(40-77)97-65)98-66-60(90)64(56(86)49(38-75)96-66)102-70(68(93)94)36-47(82)54(72-43(4)79)63(101-70)57(87)50(39-76)99-69(67(91)92)35-46(81)53(71-42(3)78)62(100-69)55(85)48(83)37-74/h31,33,44-51,53-66,74-77,80-83,85-90H,5-30,32,34-41H2,1-4H3,(H,71,78)(H,72,79)(H,73,84)(H,91,92)(H,93,94). The molecular formula is C70H125N3O29. The van der Waals surface area contributed by atoms with Gasteiger partial charge < -0.3 is 136 Å². The Morgan fingerprint density at radius 1 is 0.529 bits per heavy atom. The highest BCUT2D eigenvalue weighted by atomic mass is 16.8. The minimum atomic E-state index is -3.39. The molecular weight excluding hydrogens is 1350 g/mol. The molecule has 0 bridgehead atoms. The van der Waals surface area contributed by atoms with Crippen molar-refractivity contribution in [3.05, 3.63) is 12.2 Å². The zero-order valence-corrected chi connectivity index (χ0v) is 60.1. The van der Waals surface area contributed by atoms with Crippen molar-refractivity contribution < 1.29 is 144 Å². The lowest BCUT2D eigenvalue weighted by molar-refractivity contribution is -0.388. The number of carboxylic acid groups (broad SMARTS) is 2. The highest BCUT2D eigenvalue weighted by molar-refractivity contribution is 5.78. The van der Waals surface area contributed by atoms with Gasteiger partial charge in [0.15, 0.2) is 12.6 Å². The number of hydrogen-bond donors (Lipinski definition) is 19. The summed E-state index contributed by atoms with van der Waals surface area (Å²) in [6.45, 7) is 1.10. The molecule has 102 heavy (non-hydrogen) atoms. The minimum absolute atomic E-state index is 0.155. The van der Waals surface area contributed by atoms with Crippen molar-refractivity contribution in [1.82, 2.24) is 16.0 Å². The van der Waals surface area contributed by atoms with Gasteiger partial charge in [-0.2, -0.15) is 0 Å². The lowest BCUT2D eigenvalue weighted by Crippen LogP contribution is -2.72. The van der Waals surface area contributed by atoms with Crippen LogP contribution in [0.2, 0.25) is 0 Å². The molecule has 594 valence electrons. The van der Waals surface area contributed by atoms with E-state index in [1.807, 2.05) is 6.08 Å². The number of hydrogen-bond acceptors (Lipinski definition) is 27. The van der Waals surface area contributed by atoms with Crippen LogP contribution in [0.25, 0.3) is 0 Å². The summed E-state index contributed by atoms with van der Waals surface area (Å²) in [5.74, 6) is -13.1. The van der Waals surface area contributed by atoms with Crippen LogP contribution in [-0.4, -0.2) is 290 Å². The predicted molar refractivity (Wildman–Crippen MR) is 363 cm³/mol. The number of unbranched alkanes of at least 4 members (excludes halogenated alkanes) is 25. The lowest BCUT2D eigenvalue weighted by Gasteiger charge is -2.51. The monoisotopic (exact) mass is 1470 g/mol. The number of aliphatic carboxylic acids is 2. The van der Waals surface area contributed by atoms with Crippen molar-refractivity contribution in [2.75, 3.05) is 33.0 Å². The zero-order valence-electron chi connectivity index (χ0n) is 60.1. The van der Waals surface area contributed by atoms with E-state index in [9.17, 15) is 106 Å². The van der Waals surface area contributed by atoms with E-state index in [0.717, 1.165) is 65.2 Å². The molecule has 0 aromatic rings. The molecule has 3 amide bonds. The first-order valence-corrected chi connectivity index (χ1v) is 37.2. The van der Waals surface area contributed by atoms with Crippen molar-refractivity contribution in [2.45, 2.75) is 366 Å². The van der Waals surface area contributed by atoms with E-state index in [1.165, 1.54) is 109 Å². The molecule has 0 radical (unpaired) electrons. The number of carbonyl (C=O) groups is 5. The van der Waals surface area contributed by atoms with E-state index < -0.39 is 216 Å². The molecule has 0 aromatic carbocycles. The molecule has 0 saturated carbocycles. The van der Waals surface area contributed by atoms with Gasteiger partial charge in [-0.05, 0) is 19.3 Å². The number of ether oxygens (including phenoxy) is 8. The Balaban J connectivity index is 1.50. The summed E-state index contributed by atoms with van der Waals surface area (Å²) in [4.78, 5) is 64.9. The average Bonchev–Trinajstić information content (AvgIpc) is 0.761. The Hall–Kier alpha value is -3.79. The normalized spacial score (nSPS) is 31.7. The molecule has 32 heteroatoms. The fourth-order valence-corrected chi connectivity index (χ4v) is 13.5. The first kappa shape index (κ1) is 90.6. The van der Waals surface area contributed by atoms with Crippen LogP contribution in [-0.2, 0) is 61.9 Å². The van der Waals surface area contributed by atoms with E-state index >= 15 is 0 Å². The summed E-state index contributed by atoms with van der Waals surface area (Å²) in [6, 6.07) is -4.73. The molecule has 24 atom stereocenters. The summed E-state index contributed by atoms with van der Waals surface area (Å²) in [7, 11) is 0. The van der Waals surface area contributed by atoms with Gasteiger partial charge in [0, 0.05) is 33.1 Å². The Bertz CT molecular complexity index is 2410. The van der Waals surface area contributed by atoms with Crippen molar-refractivity contribution >= 4 is 29.7 Å². The van der Waals surface area contributed by atoms with Crippen molar-refractivity contribution in [3.8, 4) is 0 Å². The molecule has 24 unspecified atom stereocenters. The number of aliphatic hydroxyl groups excluding tert-OH is 14. The second kappa shape index (κ2) is 47.8. The molecule has 4 rings (SSSR count). The predicted octanol–water partition coefficient (Wildman–Crippen LogP) is 0.339. The number of rotatable bonds is 52. The van der Waals surface area contributed by atoms with Crippen LogP contribution in [0.5, 0.6) is 0 Å². The van der Waals surface area contributed by atoms with Crippen LogP contribution >= 0.6 is 0 Å². The van der Waals surface area contributed by atoms with Crippen molar-refractivity contribution in [2.24, 2.45) is 0 Å². The number of carbonyl (C=O) groups excluding carboxylic acids is 3. The molecule has 4 saturated heterocycles.